The van der Waals surface area contributed by atoms with Gasteiger partial charge in [0.2, 0.25) is 0 Å². The first-order valence-corrected chi connectivity index (χ1v) is 7.55. The number of carbonyl (C=O) groups is 1. The molecule has 0 fully saturated rings. The molecule has 0 amide bonds. The number of benzene rings is 2. The number of esters is 1. The quantitative estimate of drug-likeness (QED) is 0.601. The fraction of sp³-hybridized carbons (Fsp3) is 0.389. The largest absolute Gasteiger partial charge is 0.460 e. The lowest BCUT2D eigenvalue weighted by Gasteiger charge is -2.21. The first-order chi connectivity index (χ1) is 9.79. The van der Waals surface area contributed by atoms with Gasteiger partial charge in [-0.3, -0.25) is 4.79 Å². The number of halogens is 1. The minimum Gasteiger partial charge on any atom is -0.460 e. The average Bonchev–Trinajstić information content (AvgIpc) is 2.42. The molecule has 3 heteroatoms. The number of alkyl halides is 1. The van der Waals surface area contributed by atoms with Crippen molar-refractivity contribution in [2.24, 2.45) is 0 Å². The lowest BCUT2D eigenvalue weighted by atomic mass is 9.83. The summed E-state index contributed by atoms with van der Waals surface area (Å²) in [4.78, 5) is 11.4. The second-order valence-corrected chi connectivity index (χ2v) is 6.99. The van der Waals surface area contributed by atoms with E-state index in [4.69, 9.17) is 16.3 Å². The maximum Gasteiger partial charge on any atom is 0.324 e. The summed E-state index contributed by atoms with van der Waals surface area (Å²) in [5, 5.41) is 1.79. The second-order valence-electron chi connectivity index (χ2n) is 6.33. The highest BCUT2D eigenvalue weighted by Crippen LogP contribution is 2.30. The van der Waals surface area contributed by atoms with Gasteiger partial charge in [0, 0.05) is 0 Å². The Morgan fingerprint density at radius 1 is 1.24 bits per heavy atom. The molecule has 0 bridgehead atoms. The van der Waals surface area contributed by atoms with Crippen LogP contribution in [0.5, 0.6) is 0 Å². The Morgan fingerprint density at radius 2 is 1.95 bits per heavy atom. The summed E-state index contributed by atoms with van der Waals surface area (Å²) in [6.45, 7) is 8.49. The van der Waals surface area contributed by atoms with Gasteiger partial charge in [0.1, 0.15) is 12.0 Å². The Hall–Kier alpha value is -1.54. The number of hydrogen-bond donors (Lipinski definition) is 0. The van der Waals surface area contributed by atoms with Crippen LogP contribution in [0.3, 0.4) is 0 Å². The summed E-state index contributed by atoms with van der Waals surface area (Å²) < 4.78 is 5.17. The third-order valence-electron chi connectivity index (χ3n) is 3.46. The molecule has 0 radical (unpaired) electrons. The third kappa shape index (κ3) is 3.76. The molecule has 0 aromatic heterocycles. The molecule has 112 valence electrons. The van der Waals surface area contributed by atoms with E-state index in [-0.39, 0.29) is 18.0 Å². The van der Waals surface area contributed by atoms with Gasteiger partial charge in [-0.25, -0.2) is 0 Å². The van der Waals surface area contributed by atoms with E-state index in [9.17, 15) is 4.79 Å². The zero-order valence-electron chi connectivity index (χ0n) is 12.9. The highest BCUT2D eigenvalue weighted by Gasteiger charge is 2.16. The molecule has 2 nitrogen and oxygen atoms in total. The van der Waals surface area contributed by atoms with Crippen LogP contribution in [0.2, 0.25) is 0 Å². The highest BCUT2D eigenvalue weighted by molar-refractivity contribution is 6.29. The van der Waals surface area contributed by atoms with Gasteiger partial charge in [-0.05, 0) is 40.3 Å². The van der Waals surface area contributed by atoms with Gasteiger partial charge >= 0.3 is 5.97 Å². The first-order valence-electron chi connectivity index (χ1n) is 7.12. The predicted octanol–water partition coefficient (Wildman–Crippen LogP) is 4.81. The molecule has 21 heavy (non-hydrogen) atoms. The molecule has 2 rings (SSSR count). The molecule has 0 aliphatic rings. The van der Waals surface area contributed by atoms with Crippen LogP contribution in [0, 0.1) is 0 Å². The van der Waals surface area contributed by atoms with Gasteiger partial charge in [-0.15, -0.1) is 11.6 Å². The van der Waals surface area contributed by atoms with Crippen LogP contribution < -0.4 is 0 Å². The lowest BCUT2D eigenvalue weighted by Crippen LogP contribution is -2.14. The summed E-state index contributed by atoms with van der Waals surface area (Å²) >= 11 is 5.69. The summed E-state index contributed by atoms with van der Waals surface area (Å²) in [5.74, 6) is -0.389. The Bertz CT molecular complexity index is 654. The first kappa shape index (κ1) is 15.8. The van der Waals surface area contributed by atoms with Gasteiger partial charge in [-0.1, -0.05) is 51.1 Å². The standard InChI is InChI=1S/C18H21ClO2/c1-12(19)17(20)21-11-13-8-9-15-14(10-13)6-5-7-16(15)18(2,3)4/h5-10,12H,11H2,1-4H3. The Balaban J connectivity index is 2.29. The van der Waals surface area contributed by atoms with E-state index in [2.05, 4.69) is 51.1 Å². The van der Waals surface area contributed by atoms with Gasteiger partial charge in [0.05, 0.1) is 0 Å². The maximum atomic E-state index is 11.4. The zero-order chi connectivity index (χ0) is 15.6. The van der Waals surface area contributed by atoms with Crippen LogP contribution in [0.1, 0.15) is 38.8 Å². The van der Waals surface area contributed by atoms with Crippen molar-refractivity contribution in [2.75, 3.05) is 0 Å². The lowest BCUT2D eigenvalue weighted by molar-refractivity contribution is -0.144. The van der Waals surface area contributed by atoms with Crippen molar-refractivity contribution < 1.29 is 9.53 Å². The van der Waals surface area contributed by atoms with E-state index < -0.39 is 5.38 Å². The van der Waals surface area contributed by atoms with E-state index in [1.165, 1.54) is 10.9 Å². The second kappa shape index (κ2) is 6.07. The molecule has 1 atom stereocenters. The van der Waals surface area contributed by atoms with Gasteiger partial charge in [0.25, 0.3) is 0 Å². The van der Waals surface area contributed by atoms with E-state index in [0.29, 0.717) is 0 Å². The van der Waals surface area contributed by atoms with Gasteiger partial charge in [-0.2, -0.15) is 0 Å². The third-order valence-corrected chi connectivity index (χ3v) is 3.64. The van der Waals surface area contributed by atoms with Crippen molar-refractivity contribution in [3.8, 4) is 0 Å². The SMILES string of the molecule is CC(Cl)C(=O)OCc1ccc2c(C(C)(C)C)cccc2c1. The smallest absolute Gasteiger partial charge is 0.324 e. The van der Waals surface area contributed by atoms with Gasteiger partial charge < -0.3 is 4.74 Å². The van der Waals surface area contributed by atoms with Crippen molar-refractivity contribution in [3.05, 3.63) is 47.5 Å². The van der Waals surface area contributed by atoms with E-state index in [1.807, 2.05) is 6.07 Å². The van der Waals surface area contributed by atoms with Crippen molar-refractivity contribution in [1.29, 1.82) is 0 Å². The van der Waals surface area contributed by atoms with Gasteiger partial charge in [0.15, 0.2) is 0 Å². The van der Waals surface area contributed by atoms with Crippen molar-refractivity contribution >= 4 is 28.3 Å². The van der Waals surface area contributed by atoms with Crippen molar-refractivity contribution in [1.82, 2.24) is 0 Å². The summed E-state index contributed by atoms with van der Waals surface area (Å²) in [7, 11) is 0. The topological polar surface area (TPSA) is 26.3 Å². The normalized spacial score (nSPS) is 13.2. The van der Waals surface area contributed by atoms with E-state index in [0.717, 1.165) is 10.9 Å². The van der Waals surface area contributed by atoms with Crippen LogP contribution in [-0.4, -0.2) is 11.3 Å². The fourth-order valence-electron chi connectivity index (χ4n) is 2.35. The van der Waals surface area contributed by atoms with E-state index in [1.54, 1.807) is 6.92 Å². The molecule has 1 unspecified atom stereocenters. The average molecular weight is 305 g/mol. The van der Waals surface area contributed by atoms with Crippen LogP contribution in [0.15, 0.2) is 36.4 Å². The molecular formula is C18H21ClO2. The van der Waals surface area contributed by atoms with Crippen molar-refractivity contribution in [3.63, 3.8) is 0 Å². The van der Waals surface area contributed by atoms with Crippen LogP contribution in [0.4, 0.5) is 0 Å². The molecule has 2 aromatic carbocycles. The zero-order valence-corrected chi connectivity index (χ0v) is 13.7. The molecular weight excluding hydrogens is 284 g/mol. The number of rotatable bonds is 3. The molecule has 0 saturated heterocycles. The number of ether oxygens (including phenoxy) is 1. The minimum absolute atomic E-state index is 0.0988. The minimum atomic E-state index is -0.613. The highest BCUT2D eigenvalue weighted by atomic mass is 35.5. The summed E-state index contributed by atoms with van der Waals surface area (Å²) in [6.07, 6.45) is 0. The van der Waals surface area contributed by atoms with E-state index >= 15 is 0 Å². The summed E-state index contributed by atoms with van der Waals surface area (Å²) in [5.41, 5.74) is 2.39. The Kier molecular flexibility index (Phi) is 4.58. The number of carbonyl (C=O) groups excluding carboxylic acids is 1. The number of hydrogen-bond acceptors (Lipinski definition) is 2. The molecule has 2 aromatic rings. The van der Waals surface area contributed by atoms with Crippen LogP contribution in [-0.2, 0) is 21.6 Å². The number of fused-ring (bicyclic) bond motifs is 1. The van der Waals surface area contributed by atoms with Crippen LogP contribution >= 0.6 is 11.6 Å². The molecule has 0 aliphatic carbocycles. The summed E-state index contributed by atoms with van der Waals surface area (Å²) in [6, 6.07) is 12.5. The Labute approximate surface area is 131 Å². The Morgan fingerprint density at radius 3 is 2.57 bits per heavy atom. The predicted molar refractivity (Wildman–Crippen MR) is 87.8 cm³/mol. The molecule has 0 N–H and O–H groups in total. The molecule has 0 aliphatic heterocycles. The maximum absolute atomic E-state index is 11.4. The monoisotopic (exact) mass is 304 g/mol. The van der Waals surface area contributed by atoms with Crippen molar-refractivity contribution in [2.45, 2.75) is 45.1 Å². The molecule has 0 spiro atoms. The fourth-order valence-corrected chi connectivity index (χ4v) is 2.41. The molecule has 0 heterocycles. The van der Waals surface area contributed by atoms with Crippen LogP contribution in [0.25, 0.3) is 10.8 Å². The molecule has 0 saturated carbocycles.